The van der Waals surface area contributed by atoms with Crippen molar-refractivity contribution in [3.63, 3.8) is 0 Å². The van der Waals surface area contributed by atoms with Gasteiger partial charge in [0.15, 0.2) is 0 Å². The Morgan fingerprint density at radius 2 is 1.76 bits per heavy atom. The van der Waals surface area contributed by atoms with Crippen LogP contribution in [-0.2, 0) is 16.4 Å². The van der Waals surface area contributed by atoms with Gasteiger partial charge in [0.1, 0.15) is 0 Å². The van der Waals surface area contributed by atoms with E-state index in [9.17, 15) is 13.2 Å². The maximum absolute atomic E-state index is 13.4. The van der Waals surface area contributed by atoms with E-state index in [0.29, 0.717) is 18.7 Å². The van der Waals surface area contributed by atoms with Gasteiger partial charge in [-0.2, -0.15) is 0 Å². The Hall–Kier alpha value is -2.42. The van der Waals surface area contributed by atoms with Crippen LogP contribution in [-0.4, -0.2) is 77.0 Å². The number of likely N-dealkylation sites (N-methyl/N-ethyl adjacent to an activating group) is 1. The minimum atomic E-state index is -3.73. The number of hydrogen-bond acceptors (Lipinski definition) is 5. The lowest BCUT2D eigenvalue weighted by molar-refractivity contribution is 0.0951. The van der Waals surface area contributed by atoms with Crippen LogP contribution in [0.3, 0.4) is 0 Å². The average Bonchev–Trinajstić information content (AvgIpc) is 2.84. The predicted octanol–water partition coefficient (Wildman–Crippen LogP) is 2.59. The summed E-state index contributed by atoms with van der Waals surface area (Å²) in [5, 5.41) is 2.94. The zero-order valence-electron chi connectivity index (χ0n) is 19.4. The molecule has 178 valence electrons. The summed E-state index contributed by atoms with van der Waals surface area (Å²) >= 11 is 0. The minimum Gasteiger partial charge on any atom is -0.352 e. The molecule has 1 fully saturated rings. The molecule has 2 aliphatic rings. The van der Waals surface area contributed by atoms with Crippen LogP contribution in [0.4, 0.5) is 5.69 Å². The van der Waals surface area contributed by atoms with Crippen LogP contribution in [0.1, 0.15) is 35.2 Å². The molecular formula is C25H34N4O3S. The second kappa shape index (κ2) is 10.7. The van der Waals surface area contributed by atoms with Gasteiger partial charge in [0, 0.05) is 44.8 Å². The zero-order valence-corrected chi connectivity index (χ0v) is 20.2. The van der Waals surface area contributed by atoms with Crippen molar-refractivity contribution >= 4 is 21.6 Å². The highest BCUT2D eigenvalue weighted by Gasteiger charge is 2.29. The number of aryl methyl sites for hydroxylation is 1. The first-order valence-corrected chi connectivity index (χ1v) is 13.3. The number of piperazine rings is 1. The van der Waals surface area contributed by atoms with Gasteiger partial charge in [-0.25, -0.2) is 8.42 Å². The summed E-state index contributed by atoms with van der Waals surface area (Å²) in [4.78, 5) is 17.6. The molecule has 0 atom stereocenters. The molecule has 8 heteroatoms. The molecule has 0 bridgehead atoms. The summed E-state index contributed by atoms with van der Waals surface area (Å²) in [6.07, 6.45) is 3.59. The summed E-state index contributed by atoms with van der Waals surface area (Å²) in [6.45, 7) is 6.51. The van der Waals surface area contributed by atoms with Crippen molar-refractivity contribution in [3.05, 3.63) is 59.7 Å². The molecule has 1 saturated heterocycles. The smallest absolute Gasteiger partial charge is 0.264 e. The second-order valence-electron chi connectivity index (χ2n) is 8.95. The van der Waals surface area contributed by atoms with Crippen LogP contribution < -0.4 is 9.62 Å². The van der Waals surface area contributed by atoms with E-state index >= 15 is 0 Å². The SMILES string of the molecule is CN1CCN(CCCCNC(=O)c2cccc(S(=O)(=O)N3CCCc4ccccc43)c2)CC1. The van der Waals surface area contributed by atoms with Crippen LogP contribution in [0, 0.1) is 0 Å². The molecule has 33 heavy (non-hydrogen) atoms. The third-order valence-electron chi connectivity index (χ3n) is 6.53. The Labute approximate surface area is 197 Å². The van der Waals surface area contributed by atoms with E-state index in [0.717, 1.165) is 69.7 Å². The third-order valence-corrected chi connectivity index (χ3v) is 8.34. The van der Waals surface area contributed by atoms with Crippen LogP contribution in [0.25, 0.3) is 0 Å². The van der Waals surface area contributed by atoms with Gasteiger partial charge < -0.3 is 15.1 Å². The number of nitrogens with zero attached hydrogens (tertiary/aromatic N) is 3. The molecule has 0 spiro atoms. The first-order chi connectivity index (χ1) is 15.9. The molecule has 7 nitrogen and oxygen atoms in total. The molecule has 0 unspecified atom stereocenters. The van der Waals surface area contributed by atoms with Crippen molar-refractivity contribution in [2.45, 2.75) is 30.6 Å². The number of para-hydroxylation sites is 1. The maximum atomic E-state index is 13.4. The van der Waals surface area contributed by atoms with Crippen molar-refractivity contribution in [1.82, 2.24) is 15.1 Å². The number of nitrogens with one attached hydrogen (secondary N) is 1. The van der Waals surface area contributed by atoms with Gasteiger partial charge in [0.05, 0.1) is 10.6 Å². The number of fused-ring (bicyclic) bond motifs is 1. The van der Waals surface area contributed by atoms with E-state index in [1.54, 1.807) is 18.2 Å². The Kier molecular flexibility index (Phi) is 7.67. The Morgan fingerprint density at radius 1 is 0.970 bits per heavy atom. The lowest BCUT2D eigenvalue weighted by Gasteiger charge is -2.32. The number of carbonyl (C=O) groups is 1. The molecule has 2 aromatic carbocycles. The number of sulfonamides is 1. The maximum Gasteiger partial charge on any atom is 0.264 e. The van der Waals surface area contributed by atoms with Crippen LogP contribution in [0.2, 0.25) is 0 Å². The standard InChI is InChI=1S/C25H34N4O3S/c1-27-16-18-28(19-17-27)14-5-4-13-26-25(30)22-9-6-11-23(20-22)33(31,32)29-15-7-10-21-8-2-3-12-24(21)29/h2-3,6,8-9,11-12,20H,4-5,7,10,13-19H2,1H3,(H,26,30). The first-order valence-electron chi connectivity index (χ1n) is 11.8. The second-order valence-corrected chi connectivity index (χ2v) is 10.8. The first kappa shape index (κ1) is 23.7. The normalized spacial score (nSPS) is 17.5. The van der Waals surface area contributed by atoms with E-state index in [1.807, 2.05) is 24.3 Å². The van der Waals surface area contributed by atoms with Crippen molar-refractivity contribution in [2.24, 2.45) is 0 Å². The number of amides is 1. The lowest BCUT2D eigenvalue weighted by atomic mass is 10.0. The van der Waals surface area contributed by atoms with Gasteiger partial charge in [-0.15, -0.1) is 0 Å². The number of carbonyl (C=O) groups excluding carboxylic acids is 1. The molecule has 0 aromatic heterocycles. The highest BCUT2D eigenvalue weighted by Crippen LogP contribution is 2.31. The summed E-state index contributed by atoms with van der Waals surface area (Å²) in [6, 6.07) is 14.0. The van der Waals surface area contributed by atoms with Crippen LogP contribution >= 0.6 is 0 Å². The number of rotatable bonds is 8. The monoisotopic (exact) mass is 470 g/mol. The van der Waals surface area contributed by atoms with Crippen molar-refractivity contribution in [1.29, 1.82) is 0 Å². The van der Waals surface area contributed by atoms with Gasteiger partial charge in [0.25, 0.3) is 15.9 Å². The summed E-state index contributed by atoms with van der Waals surface area (Å²) in [7, 11) is -1.58. The lowest BCUT2D eigenvalue weighted by Crippen LogP contribution is -2.44. The summed E-state index contributed by atoms with van der Waals surface area (Å²) < 4.78 is 28.2. The topological polar surface area (TPSA) is 73.0 Å². The Bertz CT molecular complexity index is 1060. The molecule has 0 radical (unpaired) electrons. The van der Waals surface area contributed by atoms with Crippen LogP contribution in [0.5, 0.6) is 0 Å². The fourth-order valence-corrected chi connectivity index (χ4v) is 6.10. The molecule has 0 saturated carbocycles. The predicted molar refractivity (Wildman–Crippen MR) is 131 cm³/mol. The molecule has 1 amide bonds. The highest BCUT2D eigenvalue weighted by molar-refractivity contribution is 7.92. The van der Waals surface area contributed by atoms with Gasteiger partial charge in [-0.3, -0.25) is 9.10 Å². The van der Waals surface area contributed by atoms with Crippen molar-refractivity contribution in [3.8, 4) is 0 Å². The number of anilines is 1. The van der Waals surface area contributed by atoms with E-state index < -0.39 is 10.0 Å². The quantitative estimate of drug-likeness (QED) is 0.601. The van der Waals surface area contributed by atoms with Gasteiger partial charge in [-0.1, -0.05) is 24.3 Å². The van der Waals surface area contributed by atoms with Crippen molar-refractivity contribution < 1.29 is 13.2 Å². The van der Waals surface area contributed by atoms with Crippen LogP contribution in [0.15, 0.2) is 53.4 Å². The molecule has 2 aromatic rings. The summed E-state index contributed by atoms with van der Waals surface area (Å²) in [5.41, 5.74) is 2.15. The molecule has 0 aliphatic carbocycles. The Morgan fingerprint density at radius 3 is 2.58 bits per heavy atom. The largest absolute Gasteiger partial charge is 0.352 e. The third kappa shape index (κ3) is 5.75. The zero-order chi connectivity index (χ0) is 23.3. The van der Waals surface area contributed by atoms with E-state index in [2.05, 4.69) is 22.2 Å². The fourth-order valence-electron chi connectivity index (χ4n) is 4.51. The van der Waals surface area contributed by atoms with Gasteiger partial charge >= 0.3 is 0 Å². The van der Waals surface area contributed by atoms with Gasteiger partial charge in [0.2, 0.25) is 0 Å². The molecule has 4 rings (SSSR count). The van der Waals surface area contributed by atoms with Gasteiger partial charge in [-0.05, 0) is 69.1 Å². The Balaban J connectivity index is 1.33. The highest BCUT2D eigenvalue weighted by atomic mass is 32.2. The minimum absolute atomic E-state index is 0.155. The molecule has 1 N–H and O–H groups in total. The molecule has 2 aliphatic heterocycles. The number of benzene rings is 2. The summed E-state index contributed by atoms with van der Waals surface area (Å²) in [5.74, 6) is -0.231. The van der Waals surface area contributed by atoms with E-state index in [-0.39, 0.29) is 10.8 Å². The average molecular weight is 471 g/mol. The fraction of sp³-hybridized carbons (Fsp3) is 0.480. The number of hydrogen-bond donors (Lipinski definition) is 1. The van der Waals surface area contributed by atoms with E-state index in [1.165, 1.54) is 10.4 Å². The van der Waals surface area contributed by atoms with Crippen molar-refractivity contribution in [2.75, 3.05) is 57.2 Å². The number of unbranched alkanes of at least 4 members (excludes halogenated alkanes) is 1. The molecular weight excluding hydrogens is 436 g/mol. The van der Waals surface area contributed by atoms with E-state index in [4.69, 9.17) is 0 Å². The molecule has 2 heterocycles.